The van der Waals surface area contributed by atoms with E-state index in [1.165, 1.54) is 19.2 Å². The average molecular weight is 957 g/mol. The number of amides is 3. The molecule has 1 aliphatic rings. The number of aromatic hydroxyl groups is 1. The average Bonchev–Trinajstić information content (AvgIpc) is 3.69. The second kappa shape index (κ2) is 21.7. The molecule has 18 heteroatoms. The summed E-state index contributed by atoms with van der Waals surface area (Å²) in [6.45, 7) is 11.5. The molecule has 60 heavy (non-hydrogen) atoms. The topological polar surface area (TPSA) is 143 Å². The van der Waals surface area contributed by atoms with Crippen molar-refractivity contribution < 1.29 is 78.4 Å². The van der Waals surface area contributed by atoms with Gasteiger partial charge in [-0.25, -0.2) is 9.59 Å². The standard InChI is InChI=1S/C37H47N3O7.C5H5.F6P.Ru/c1-36(2,3)27-18-16-25(17-19-27)22-29(32(42)39-31(34(44)46-7)23-26-14-11-15-28(41)20-26)38-33(43)30(21-24-12-9-8-10-13-24)40-35(45)47-37(4,5)6;1-2-4-5-3-1;1-7(2,3,4,5)6;/h8-20,29-31,41H,21-23H2,1-7H3,(H,38,43)(H,39,42)(H,40,45);1-5H;;/q;;-1;+1/t29-,30-,31-;;;/m0.../s1. The van der Waals surface area contributed by atoms with Crippen molar-refractivity contribution in [1.82, 2.24) is 16.0 Å². The minimum atomic E-state index is -10.7. The van der Waals surface area contributed by atoms with Crippen LogP contribution in [0.1, 0.15) is 63.8 Å². The number of ether oxygens (including phenoxy) is 2. The number of hydrogen-bond donors (Lipinski definition) is 4. The van der Waals surface area contributed by atoms with Gasteiger partial charge in [0.2, 0.25) is 11.8 Å². The van der Waals surface area contributed by atoms with Gasteiger partial charge in [-0.15, -0.1) is 0 Å². The fourth-order valence-corrected chi connectivity index (χ4v) is 5.21. The number of phenols is 1. The third-order valence-electron chi connectivity index (χ3n) is 7.89. The number of rotatable bonds is 12. The molecule has 0 saturated heterocycles. The Labute approximate surface area is 359 Å². The van der Waals surface area contributed by atoms with Gasteiger partial charge in [-0.05, 0) is 60.6 Å². The summed E-state index contributed by atoms with van der Waals surface area (Å²) in [4.78, 5) is 53.3. The van der Waals surface area contributed by atoms with Crippen LogP contribution in [0.3, 0.4) is 0 Å². The molecule has 4 rings (SSSR count). The quantitative estimate of drug-likeness (QED) is 0.0614. The Morgan fingerprint density at radius 2 is 1.08 bits per heavy atom. The van der Waals surface area contributed by atoms with Gasteiger partial charge in [0.1, 0.15) is 29.5 Å². The van der Waals surface area contributed by atoms with Gasteiger partial charge in [0.25, 0.3) is 0 Å². The maximum atomic E-state index is 13.9. The van der Waals surface area contributed by atoms with E-state index in [2.05, 4.69) is 36.7 Å². The van der Waals surface area contributed by atoms with Crippen molar-refractivity contribution >= 4 is 31.7 Å². The van der Waals surface area contributed by atoms with Gasteiger partial charge in [0, 0.05) is 25.7 Å². The molecular weight excluding hydrogens is 905 g/mol. The Balaban J connectivity index is 0.00000119. The second-order valence-electron chi connectivity index (χ2n) is 15.5. The Kier molecular flexibility index (Phi) is 19.2. The van der Waals surface area contributed by atoms with Crippen LogP contribution in [0.15, 0.2) is 103 Å². The van der Waals surface area contributed by atoms with Gasteiger partial charge in [0.15, 0.2) is 0 Å². The van der Waals surface area contributed by atoms with Crippen molar-refractivity contribution in [3.8, 4) is 5.75 Å². The first kappa shape index (κ1) is 53.3. The van der Waals surface area contributed by atoms with Crippen LogP contribution in [-0.4, -0.2) is 59.8 Å². The number of esters is 1. The maximum Gasteiger partial charge on any atom is 1.00 e. The second-order valence-corrected chi connectivity index (χ2v) is 17.4. The molecule has 0 bridgehead atoms. The van der Waals surface area contributed by atoms with E-state index in [9.17, 15) is 49.5 Å². The SMILES string of the molecule is COC(=O)[C@H](Cc1cccc(O)c1)NC(=O)[C@H](Cc1ccc(C(C)(C)C)cc1)NC(=O)[C@H](Cc1ccccc1)NC(=O)OC(C)(C)C.F[P-](F)(F)(F)(F)F.[CH]1C=CC=C1.[Ru+]. The summed E-state index contributed by atoms with van der Waals surface area (Å²) < 4.78 is 69.6. The van der Waals surface area contributed by atoms with Gasteiger partial charge in [-0.3, -0.25) is 9.59 Å². The molecule has 3 aromatic rings. The molecule has 0 aromatic heterocycles. The zero-order valence-electron chi connectivity index (χ0n) is 34.2. The van der Waals surface area contributed by atoms with Crippen molar-refractivity contribution in [2.45, 2.75) is 89.9 Å². The van der Waals surface area contributed by atoms with Crippen molar-refractivity contribution in [1.29, 1.82) is 0 Å². The molecule has 0 saturated carbocycles. The molecular formula is C42H52F6N3O7PRu. The number of allylic oxidation sites excluding steroid dienone is 4. The van der Waals surface area contributed by atoms with Crippen molar-refractivity contribution in [2.24, 2.45) is 0 Å². The summed E-state index contributed by atoms with van der Waals surface area (Å²) >= 11 is 0. The Morgan fingerprint density at radius 3 is 1.52 bits per heavy atom. The summed E-state index contributed by atoms with van der Waals surface area (Å²) in [5.41, 5.74) is 2.40. The molecule has 0 aliphatic heterocycles. The number of alkyl carbamates (subject to hydrolysis) is 1. The number of phenolic OH excluding ortho intramolecular Hbond substituents is 1. The summed E-state index contributed by atoms with van der Waals surface area (Å²) in [6.07, 6.45) is 9.52. The summed E-state index contributed by atoms with van der Waals surface area (Å²) in [6, 6.07) is 20.0. The van der Waals surface area contributed by atoms with Crippen molar-refractivity contribution in [2.75, 3.05) is 7.11 Å². The third-order valence-corrected chi connectivity index (χ3v) is 7.89. The fourth-order valence-electron chi connectivity index (χ4n) is 5.21. The zero-order valence-corrected chi connectivity index (χ0v) is 36.8. The van der Waals surface area contributed by atoms with E-state index in [0.717, 1.165) is 16.7 Å². The maximum absolute atomic E-state index is 13.9. The van der Waals surface area contributed by atoms with E-state index in [1.54, 1.807) is 32.9 Å². The zero-order chi connectivity index (χ0) is 44.7. The van der Waals surface area contributed by atoms with Crippen LogP contribution in [0, 0.1) is 6.42 Å². The van der Waals surface area contributed by atoms with Crippen LogP contribution < -0.4 is 16.0 Å². The Morgan fingerprint density at radius 1 is 0.633 bits per heavy atom. The van der Waals surface area contributed by atoms with Crippen LogP contribution in [0.2, 0.25) is 0 Å². The number of methoxy groups -OCH3 is 1. The van der Waals surface area contributed by atoms with Gasteiger partial charge in [-0.2, -0.15) is 0 Å². The molecule has 0 heterocycles. The number of hydrogen-bond acceptors (Lipinski definition) is 7. The number of carbonyl (C=O) groups is 4. The van der Waals surface area contributed by atoms with Crippen LogP contribution in [0.25, 0.3) is 0 Å². The molecule has 0 fully saturated rings. The summed E-state index contributed by atoms with van der Waals surface area (Å²) in [5.74, 6) is -1.89. The molecule has 3 atom stereocenters. The van der Waals surface area contributed by atoms with Gasteiger partial charge in [-0.1, -0.05) is 112 Å². The van der Waals surface area contributed by atoms with E-state index < -0.39 is 55.4 Å². The largest absolute Gasteiger partial charge is 1.00 e. The molecule has 10 nitrogen and oxygen atoms in total. The van der Waals surface area contributed by atoms with Crippen LogP contribution in [0.4, 0.5) is 30.0 Å². The van der Waals surface area contributed by atoms with E-state index in [-0.39, 0.29) is 49.9 Å². The minimum Gasteiger partial charge on any atom is -0.0767 e. The minimum absolute atomic E-state index is 0. The number of carbonyl (C=O) groups excluding carboxylic acids is 4. The smallest absolute Gasteiger partial charge is 0.0767 e. The monoisotopic (exact) mass is 957 g/mol. The number of nitrogens with one attached hydrogen (secondary N) is 3. The predicted octanol–water partition coefficient (Wildman–Crippen LogP) is 9.45. The first-order chi connectivity index (χ1) is 27.0. The predicted molar refractivity (Wildman–Crippen MR) is 216 cm³/mol. The van der Waals surface area contributed by atoms with Crippen LogP contribution >= 0.6 is 7.81 Å². The molecule has 332 valence electrons. The third kappa shape index (κ3) is 24.4. The molecule has 0 spiro atoms. The fraction of sp³-hybridized carbons (Fsp3) is 0.357. The molecule has 1 aliphatic carbocycles. The molecule has 3 amide bonds. The van der Waals surface area contributed by atoms with Gasteiger partial charge < -0.3 is 30.5 Å². The molecule has 0 unspecified atom stereocenters. The van der Waals surface area contributed by atoms with Crippen LogP contribution in [0.5, 0.6) is 5.75 Å². The van der Waals surface area contributed by atoms with Gasteiger partial charge in [0.05, 0.1) is 7.11 Å². The van der Waals surface area contributed by atoms with E-state index in [1.807, 2.05) is 85.3 Å². The normalized spacial score (nSPS) is 14.7. The molecule has 4 N–H and O–H groups in total. The van der Waals surface area contributed by atoms with E-state index in [0.29, 0.717) is 5.56 Å². The Bertz CT molecular complexity index is 1920. The van der Waals surface area contributed by atoms with Crippen LogP contribution in [-0.2, 0) is 68.0 Å². The number of halogens is 6. The van der Waals surface area contributed by atoms with Crippen molar-refractivity contribution in [3.05, 3.63) is 132 Å². The first-order valence-corrected chi connectivity index (χ1v) is 20.3. The first-order valence-electron chi connectivity index (χ1n) is 18.3. The van der Waals surface area contributed by atoms with Crippen molar-refractivity contribution in [3.63, 3.8) is 0 Å². The van der Waals surface area contributed by atoms with Gasteiger partial charge >= 0.3 is 64.5 Å². The Hall–Kier alpha value is -4.75. The summed E-state index contributed by atoms with van der Waals surface area (Å²) in [5, 5.41) is 18.1. The molecule has 2 radical (unpaired) electrons. The molecule has 3 aromatic carbocycles. The van der Waals surface area contributed by atoms with E-state index in [4.69, 9.17) is 9.47 Å². The number of benzene rings is 3. The summed E-state index contributed by atoms with van der Waals surface area (Å²) in [7, 11) is -9.44. The van der Waals surface area contributed by atoms with E-state index >= 15 is 0 Å².